The third-order valence-electron chi connectivity index (χ3n) is 2.60. The topological polar surface area (TPSA) is 84.2 Å². The molecular weight excluding hydrogens is 286 g/mol. The highest BCUT2D eigenvalue weighted by Gasteiger charge is 2.28. The van der Waals surface area contributed by atoms with Gasteiger partial charge in [-0.2, -0.15) is 0 Å². The van der Waals surface area contributed by atoms with Gasteiger partial charge in [-0.3, -0.25) is 9.59 Å². The van der Waals surface area contributed by atoms with Gasteiger partial charge in [0.2, 0.25) is 11.8 Å². The number of rotatable bonds is 4. The zero-order chi connectivity index (χ0) is 13.8. The molecule has 102 valence electrons. The van der Waals surface area contributed by atoms with Gasteiger partial charge in [-0.25, -0.2) is 0 Å². The van der Waals surface area contributed by atoms with Crippen molar-refractivity contribution >= 4 is 40.9 Å². The molecule has 1 heterocycles. The Kier molecular flexibility index (Phi) is 4.68. The normalized spacial score (nSPS) is 17.6. The van der Waals surface area contributed by atoms with E-state index in [9.17, 15) is 9.59 Å². The fourth-order valence-corrected chi connectivity index (χ4v) is 2.97. The lowest BCUT2D eigenvalue weighted by molar-refractivity contribution is -0.124. The third kappa shape index (κ3) is 3.62. The number of carbonyl (C=O) groups excluding carboxylic acids is 2. The summed E-state index contributed by atoms with van der Waals surface area (Å²) in [4.78, 5) is 24.4. The Labute approximate surface area is 120 Å². The predicted octanol–water partition coefficient (Wildman–Crippen LogP) is 1.22. The van der Waals surface area contributed by atoms with Crippen LogP contribution in [0, 0.1) is 0 Å². The molecule has 1 aromatic carbocycles. The van der Waals surface area contributed by atoms with Crippen molar-refractivity contribution < 1.29 is 9.59 Å². The highest BCUT2D eigenvalue weighted by Crippen LogP contribution is 2.38. The molecule has 19 heavy (non-hydrogen) atoms. The van der Waals surface area contributed by atoms with Crippen LogP contribution in [0.15, 0.2) is 23.1 Å². The molecule has 0 saturated heterocycles. The average Bonchev–Trinajstić information content (AvgIpc) is 2.37. The Bertz CT molecular complexity index is 510. The third-order valence-corrected chi connectivity index (χ3v) is 4.11. The lowest BCUT2D eigenvalue weighted by Gasteiger charge is -2.23. The van der Waals surface area contributed by atoms with Crippen LogP contribution in [0.1, 0.15) is 6.42 Å². The van der Waals surface area contributed by atoms with E-state index in [0.29, 0.717) is 23.8 Å². The number of thioether (sulfide) groups is 1. The lowest BCUT2D eigenvalue weighted by atomic mass is 10.2. The molecule has 0 bridgehead atoms. The first-order chi connectivity index (χ1) is 9.10. The Hall–Kier alpha value is -1.24. The first-order valence-corrected chi connectivity index (χ1v) is 7.09. The summed E-state index contributed by atoms with van der Waals surface area (Å²) in [6, 6.07) is 5.30. The molecule has 1 aromatic rings. The van der Waals surface area contributed by atoms with Crippen LogP contribution in [-0.4, -0.2) is 30.2 Å². The number of benzene rings is 1. The van der Waals surface area contributed by atoms with Gasteiger partial charge in [-0.05, 0) is 18.2 Å². The maximum Gasteiger partial charge on any atom is 0.238 e. The van der Waals surface area contributed by atoms with Gasteiger partial charge in [0.25, 0.3) is 0 Å². The van der Waals surface area contributed by atoms with E-state index in [1.807, 2.05) is 6.07 Å². The van der Waals surface area contributed by atoms with Crippen molar-refractivity contribution in [3.05, 3.63) is 23.2 Å². The Morgan fingerprint density at radius 3 is 3.05 bits per heavy atom. The molecule has 0 fully saturated rings. The average molecular weight is 300 g/mol. The van der Waals surface area contributed by atoms with E-state index in [4.69, 9.17) is 17.3 Å². The summed E-state index contributed by atoms with van der Waals surface area (Å²) in [6.45, 7) is 0.807. The maximum atomic E-state index is 11.9. The molecule has 5 nitrogen and oxygen atoms in total. The van der Waals surface area contributed by atoms with Crippen LogP contribution in [0.4, 0.5) is 5.69 Å². The molecule has 0 spiro atoms. The van der Waals surface area contributed by atoms with Gasteiger partial charge in [0.1, 0.15) is 0 Å². The van der Waals surface area contributed by atoms with Crippen LogP contribution in [0.5, 0.6) is 0 Å². The standard InChI is InChI=1S/C12H14ClN3O2S/c13-7-1-2-9-8(5-7)16-12(18)10(19-9)6-11(17)15-4-3-14/h1-2,5,10H,3-4,6,14H2,(H,15,17)(H,16,18). The van der Waals surface area contributed by atoms with Crippen molar-refractivity contribution in [2.45, 2.75) is 16.6 Å². The molecule has 1 unspecified atom stereocenters. The number of hydrogen-bond donors (Lipinski definition) is 3. The number of nitrogens with two attached hydrogens (primary N) is 1. The maximum absolute atomic E-state index is 11.9. The second-order valence-electron chi connectivity index (χ2n) is 4.08. The van der Waals surface area contributed by atoms with E-state index in [1.54, 1.807) is 12.1 Å². The van der Waals surface area contributed by atoms with Crippen molar-refractivity contribution in [3.63, 3.8) is 0 Å². The first-order valence-electron chi connectivity index (χ1n) is 5.84. The molecule has 2 amide bonds. The summed E-state index contributed by atoms with van der Waals surface area (Å²) in [6.07, 6.45) is 0.137. The molecule has 2 rings (SSSR count). The first kappa shape index (κ1) is 14.2. The van der Waals surface area contributed by atoms with E-state index < -0.39 is 5.25 Å². The molecule has 0 aromatic heterocycles. The predicted molar refractivity (Wildman–Crippen MR) is 76.4 cm³/mol. The molecule has 1 aliphatic heterocycles. The van der Waals surface area contributed by atoms with Gasteiger partial charge in [-0.1, -0.05) is 11.6 Å². The van der Waals surface area contributed by atoms with E-state index in [-0.39, 0.29) is 18.2 Å². The fourth-order valence-electron chi connectivity index (χ4n) is 1.71. The van der Waals surface area contributed by atoms with Crippen LogP contribution >= 0.6 is 23.4 Å². The summed E-state index contributed by atoms with van der Waals surface area (Å²) in [5.74, 6) is -0.349. The molecular formula is C12H14ClN3O2S. The van der Waals surface area contributed by atoms with Gasteiger partial charge in [-0.15, -0.1) is 11.8 Å². The molecule has 1 aliphatic rings. The smallest absolute Gasteiger partial charge is 0.238 e. The highest BCUT2D eigenvalue weighted by atomic mass is 35.5. The fraction of sp³-hybridized carbons (Fsp3) is 0.333. The highest BCUT2D eigenvalue weighted by molar-refractivity contribution is 8.01. The minimum Gasteiger partial charge on any atom is -0.355 e. The van der Waals surface area contributed by atoms with Gasteiger partial charge < -0.3 is 16.4 Å². The van der Waals surface area contributed by atoms with Crippen LogP contribution < -0.4 is 16.4 Å². The Morgan fingerprint density at radius 1 is 1.53 bits per heavy atom. The summed E-state index contributed by atoms with van der Waals surface area (Å²) >= 11 is 7.24. The molecule has 1 atom stereocenters. The number of halogens is 1. The minimum absolute atomic E-state index is 0.137. The summed E-state index contributed by atoms with van der Waals surface area (Å²) in [5, 5.41) is 5.56. The number of carbonyl (C=O) groups is 2. The van der Waals surface area contributed by atoms with Crippen LogP contribution in [-0.2, 0) is 9.59 Å². The number of nitrogens with one attached hydrogen (secondary N) is 2. The van der Waals surface area contributed by atoms with Gasteiger partial charge in [0, 0.05) is 29.4 Å². The summed E-state index contributed by atoms with van der Waals surface area (Å²) in [7, 11) is 0. The van der Waals surface area contributed by atoms with Crippen LogP contribution in [0.3, 0.4) is 0 Å². The number of amides is 2. The monoisotopic (exact) mass is 299 g/mol. The van der Waals surface area contributed by atoms with Crippen molar-refractivity contribution in [2.24, 2.45) is 5.73 Å². The van der Waals surface area contributed by atoms with Crippen molar-refractivity contribution in [1.82, 2.24) is 5.32 Å². The van der Waals surface area contributed by atoms with E-state index >= 15 is 0 Å². The largest absolute Gasteiger partial charge is 0.355 e. The number of fused-ring (bicyclic) bond motifs is 1. The summed E-state index contributed by atoms with van der Waals surface area (Å²) in [5.41, 5.74) is 6.00. The van der Waals surface area contributed by atoms with Crippen LogP contribution in [0.2, 0.25) is 5.02 Å². The molecule has 0 saturated carbocycles. The minimum atomic E-state index is -0.425. The van der Waals surface area contributed by atoms with Crippen molar-refractivity contribution in [3.8, 4) is 0 Å². The van der Waals surface area contributed by atoms with E-state index in [1.165, 1.54) is 11.8 Å². The van der Waals surface area contributed by atoms with Crippen molar-refractivity contribution in [1.29, 1.82) is 0 Å². The second-order valence-corrected chi connectivity index (χ2v) is 5.76. The molecule has 0 radical (unpaired) electrons. The Morgan fingerprint density at radius 2 is 2.32 bits per heavy atom. The van der Waals surface area contributed by atoms with Gasteiger partial charge in [0.05, 0.1) is 10.9 Å². The van der Waals surface area contributed by atoms with E-state index in [0.717, 1.165) is 4.90 Å². The zero-order valence-electron chi connectivity index (χ0n) is 10.1. The lowest BCUT2D eigenvalue weighted by Crippen LogP contribution is -2.36. The SMILES string of the molecule is NCCNC(=O)CC1Sc2ccc(Cl)cc2NC1=O. The number of anilines is 1. The van der Waals surface area contributed by atoms with E-state index in [2.05, 4.69) is 10.6 Å². The Balaban J connectivity index is 2.03. The van der Waals surface area contributed by atoms with Gasteiger partial charge in [0.15, 0.2) is 0 Å². The second kappa shape index (κ2) is 6.27. The zero-order valence-corrected chi connectivity index (χ0v) is 11.7. The summed E-state index contributed by atoms with van der Waals surface area (Å²) < 4.78 is 0. The molecule has 4 N–H and O–H groups in total. The molecule has 0 aliphatic carbocycles. The molecule has 7 heteroatoms. The number of hydrogen-bond acceptors (Lipinski definition) is 4. The van der Waals surface area contributed by atoms with Crippen LogP contribution in [0.25, 0.3) is 0 Å². The quantitative estimate of drug-likeness (QED) is 0.780. The van der Waals surface area contributed by atoms with Gasteiger partial charge >= 0.3 is 0 Å². The van der Waals surface area contributed by atoms with Crippen molar-refractivity contribution in [2.75, 3.05) is 18.4 Å².